The van der Waals surface area contributed by atoms with E-state index in [2.05, 4.69) is 165 Å². The molecular formula is C44H27N3O. The quantitative estimate of drug-likeness (QED) is 0.195. The van der Waals surface area contributed by atoms with Gasteiger partial charge in [-0.05, 0) is 72.8 Å². The van der Waals surface area contributed by atoms with Crippen LogP contribution in [0, 0.1) is 0 Å². The van der Waals surface area contributed by atoms with Gasteiger partial charge in [0.15, 0.2) is 0 Å². The van der Waals surface area contributed by atoms with Crippen LogP contribution in [0.2, 0.25) is 0 Å². The molecule has 0 N–H and O–H groups in total. The van der Waals surface area contributed by atoms with Crippen molar-refractivity contribution in [3.05, 3.63) is 164 Å². The molecule has 224 valence electrons. The molecule has 0 spiro atoms. The van der Waals surface area contributed by atoms with Crippen LogP contribution in [0.15, 0.2) is 168 Å². The number of furan rings is 1. The van der Waals surface area contributed by atoms with Gasteiger partial charge in [0.1, 0.15) is 16.8 Å². The highest BCUT2D eigenvalue weighted by atomic mass is 16.3. The van der Waals surface area contributed by atoms with Gasteiger partial charge < -0.3 is 8.98 Å². The predicted molar refractivity (Wildman–Crippen MR) is 199 cm³/mol. The molecule has 11 aromatic rings. The molecule has 48 heavy (non-hydrogen) atoms. The van der Waals surface area contributed by atoms with Crippen molar-refractivity contribution in [3.63, 3.8) is 0 Å². The summed E-state index contributed by atoms with van der Waals surface area (Å²) in [6, 6.07) is 58.8. The molecule has 7 aromatic carbocycles. The van der Waals surface area contributed by atoms with E-state index in [0.29, 0.717) is 0 Å². The van der Waals surface area contributed by atoms with Gasteiger partial charge in [0.2, 0.25) is 0 Å². The van der Waals surface area contributed by atoms with Gasteiger partial charge in [-0.15, -0.1) is 0 Å². The zero-order valence-electron chi connectivity index (χ0n) is 25.8. The number of para-hydroxylation sites is 5. The van der Waals surface area contributed by atoms with Gasteiger partial charge in [0.25, 0.3) is 0 Å². The molecule has 0 radical (unpaired) electrons. The Labute approximate surface area is 274 Å². The van der Waals surface area contributed by atoms with Gasteiger partial charge in [0, 0.05) is 54.8 Å². The maximum absolute atomic E-state index is 6.23. The fraction of sp³-hybridized carbons (Fsp3) is 0. The lowest BCUT2D eigenvalue weighted by atomic mass is 10.1. The third kappa shape index (κ3) is 3.38. The van der Waals surface area contributed by atoms with Crippen molar-refractivity contribution in [3.8, 4) is 17.1 Å². The third-order valence-electron chi connectivity index (χ3n) is 10.0. The summed E-state index contributed by atoms with van der Waals surface area (Å²) >= 11 is 0. The number of hydrogen-bond acceptors (Lipinski definition) is 1. The molecular weight excluding hydrogens is 587 g/mol. The largest absolute Gasteiger partial charge is 0.456 e. The molecule has 4 nitrogen and oxygen atoms in total. The molecule has 0 fully saturated rings. The van der Waals surface area contributed by atoms with E-state index in [1.807, 2.05) is 12.1 Å². The lowest BCUT2D eigenvalue weighted by Crippen LogP contribution is -2.01. The normalized spacial score (nSPS) is 12.2. The van der Waals surface area contributed by atoms with Gasteiger partial charge in [0.05, 0.1) is 22.1 Å². The first-order valence-electron chi connectivity index (χ1n) is 16.4. The van der Waals surface area contributed by atoms with E-state index in [-0.39, 0.29) is 0 Å². The summed E-state index contributed by atoms with van der Waals surface area (Å²) in [6.07, 6.45) is 0. The Morgan fingerprint density at radius 2 is 0.812 bits per heavy atom. The zero-order valence-corrected chi connectivity index (χ0v) is 25.8. The highest BCUT2D eigenvalue weighted by Gasteiger charge is 2.23. The monoisotopic (exact) mass is 613 g/mol. The summed E-state index contributed by atoms with van der Waals surface area (Å²) < 4.78 is 13.5. The van der Waals surface area contributed by atoms with Crippen LogP contribution >= 0.6 is 0 Å². The van der Waals surface area contributed by atoms with Crippen LogP contribution in [-0.4, -0.2) is 13.7 Å². The van der Waals surface area contributed by atoms with Crippen LogP contribution in [0.4, 0.5) is 0 Å². The molecule has 4 heterocycles. The van der Waals surface area contributed by atoms with E-state index in [1.165, 1.54) is 49.0 Å². The highest BCUT2D eigenvalue weighted by Crippen LogP contribution is 2.42. The summed E-state index contributed by atoms with van der Waals surface area (Å²) in [6.45, 7) is 0. The van der Waals surface area contributed by atoms with E-state index in [9.17, 15) is 0 Å². The second-order valence-electron chi connectivity index (χ2n) is 12.6. The Kier molecular flexibility index (Phi) is 5.08. The number of nitrogens with zero attached hydrogens (tertiary/aromatic N) is 3. The maximum Gasteiger partial charge on any atom is 0.135 e. The molecule has 0 atom stereocenters. The topological polar surface area (TPSA) is 27.9 Å². The molecule has 4 heteroatoms. The average molecular weight is 614 g/mol. The standard InChI is InChI=1S/C44H27N3O/c1-2-12-28(13-3-1)45-37-18-8-4-14-31(37)35-26-29(22-24-40(35)45)46-38-19-9-5-16-33(38)43-34-17-6-10-20-39(34)47(44(43)46)30-23-25-42-36(27-30)32-15-7-11-21-41(32)48-42/h1-27H. The number of benzene rings is 7. The molecule has 0 bridgehead atoms. The highest BCUT2D eigenvalue weighted by molar-refractivity contribution is 6.23. The Bertz CT molecular complexity index is 3060. The van der Waals surface area contributed by atoms with Crippen LogP contribution < -0.4 is 0 Å². The summed E-state index contributed by atoms with van der Waals surface area (Å²) in [5, 5.41) is 8.45. The molecule has 0 saturated heterocycles. The van der Waals surface area contributed by atoms with Crippen LogP contribution in [-0.2, 0) is 0 Å². The smallest absolute Gasteiger partial charge is 0.135 e. The predicted octanol–water partition coefficient (Wildman–Crippen LogP) is 11.7. The van der Waals surface area contributed by atoms with Crippen molar-refractivity contribution in [2.24, 2.45) is 0 Å². The maximum atomic E-state index is 6.23. The van der Waals surface area contributed by atoms with Crippen LogP contribution in [0.5, 0.6) is 0 Å². The van der Waals surface area contributed by atoms with Crippen molar-refractivity contribution in [2.75, 3.05) is 0 Å². The third-order valence-corrected chi connectivity index (χ3v) is 10.0. The summed E-state index contributed by atoms with van der Waals surface area (Å²) in [7, 11) is 0. The Morgan fingerprint density at radius 1 is 0.312 bits per heavy atom. The lowest BCUT2D eigenvalue weighted by Gasteiger charge is -2.14. The van der Waals surface area contributed by atoms with Crippen LogP contribution in [0.25, 0.3) is 93.6 Å². The molecule has 0 aliphatic carbocycles. The molecule has 0 aliphatic rings. The minimum atomic E-state index is 0.897. The average Bonchev–Trinajstić information content (AvgIpc) is 3.87. The molecule has 0 saturated carbocycles. The minimum Gasteiger partial charge on any atom is -0.456 e. The fourth-order valence-corrected chi connectivity index (χ4v) is 8.03. The molecule has 0 amide bonds. The zero-order chi connectivity index (χ0) is 31.3. The summed E-state index contributed by atoms with van der Waals surface area (Å²) in [5.74, 6) is 0. The molecule has 4 aromatic heterocycles. The van der Waals surface area contributed by atoms with Crippen LogP contribution in [0.1, 0.15) is 0 Å². The Balaban J connectivity index is 1.27. The summed E-state index contributed by atoms with van der Waals surface area (Å²) in [4.78, 5) is 0. The SMILES string of the molecule is c1ccc(-n2c3ccccc3c3cc(-n4c5ccccc5c5c6ccccc6n(-c6ccc7oc8ccccc8c7c6)c54)ccc32)cc1. The van der Waals surface area contributed by atoms with Gasteiger partial charge >= 0.3 is 0 Å². The lowest BCUT2D eigenvalue weighted by molar-refractivity contribution is 0.669. The van der Waals surface area contributed by atoms with Crippen molar-refractivity contribution in [1.29, 1.82) is 0 Å². The number of rotatable bonds is 3. The molecule has 0 aliphatic heterocycles. The van der Waals surface area contributed by atoms with Gasteiger partial charge in [-0.2, -0.15) is 0 Å². The van der Waals surface area contributed by atoms with Gasteiger partial charge in [-0.25, -0.2) is 0 Å². The van der Waals surface area contributed by atoms with Crippen LogP contribution in [0.3, 0.4) is 0 Å². The first-order valence-corrected chi connectivity index (χ1v) is 16.4. The Morgan fingerprint density at radius 3 is 1.52 bits per heavy atom. The number of fused-ring (bicyclic) bond motifs is 11. The first-order chi connectivity index (χ1) is 23.8. The second kappa shape index (κ2) is 9.50. The van der Waals surface area contributed by atoms with E-state index in [4.69, 9.17) is 4.42 Å². The van der Waals surface area contributed by atoms with Crippen molar-refractivity contribution < 1.29 is 4.42 Å². The van der Waals surface area contributed by atoms with Crippen molar-refractivity contribution in [2.45, 2.75) is 0 Å². The number of hydrogen-bond donors (Lipinski definition) is 0. The van der Waals surface area contributed by atoms with Gasteiger partial charge in [-0.1, -0.05) is 91.0 Å². The van der Waals surface area contributed by atoms with E-state index in [1.54, 1.807) is 0 Å². The number of aromatic nitrogens is 3. The minimum absolute atomic E-state index is 0.897. The second-order valence-corrected chi connectivity index (χ2v) is 12.6. The molecule has 11 rings (SSSR count). The first kappa shape index (κ1) is 25.6. The van der Waals surface area contributed by atoms with Crippen molar-refractivity contribution in [1.82, 2.24) is 13.7 Å². The van der Waals surface area contributed by atoms with Gasteiger partial charge in [-0.3, -0.25) is 9.13 Å². The van der Waals surface area contributed by atoms with E-state index < -0.39 is 0 Å². The molecule has 0 unspecified atom stereocenters. The Hall–Kier alpha value is -6.52. The van der Waals surface area contributed by atoms with E-state index in [0.717, 1.165) is 44.6 Å². The summed E-state index contributed by atoms with van der Waals surface area (Å²) in [5.41, 5.74) is 11.1. The van der Waals surface area contributed by atoms with E-state index >= 15 is 0 Å². The van der Waals surface area contributed by atoms with Crippen molar-refractivity contribution >= 4 is 76.6 Å². The fourth-order valence-electron chi connectivity index (χ4n) is 8.03.